The van der Waals surface area contributed by atoms with Crippen LogP contribution in [0.15, 0.2) is 48.5 Å². The van der Waals surface area contributed by atoms with Gasteiger partial charge in [0.25, 0.3) is 29.5 Å². The Bertz CT molecular complexity index is 2070. The first kappa shape index (κ1) is 33.1. The zero-order chi connectivity index (χ0) is 35.4. The van der Waals surface area contributed by atoms with E-state index in [9.17, 15) is 46.3 Å². The average molecular weight is 701 g/mol. The molecule has 19 heteroatoms. The molecule has 2 aromatic carbocycles. The van der Waals surface area contributed by atoms with Crippen LogP contribution in [0.5, 0.6) is 0 Å². The van der Waals surface area contributed by atoms with Crippen molar-refractivity contribution in [3.8, 4) is 0 Å². The number of esters is 1. The summed E-state index contributed by atoms with van der Waals surface area (Å²) in [6, 6.07) is 9.50. The van der Waals surface area contributed by atoms with E-state index in [-0.39, 0.29) is 38.3 Å². The summed E-state index contributed by atoms with van der Waals surface area (Å²) in [5.74, 6) is -8.31. The third-order valence-corrected chi connectivity index (χ3v) is 8.32. The zero-order valence-corrected chi connectivity index (χ0v) is 25.6. The number of pyridine rings is 1. The molecule has 0 saturated carbocycles. The summed E-state index contributed by atoms with van der Waals surface area (Å²) >= 11 is 0.688. The Morgan fingerprint density at radius 1 is 1.04 bits per heavy atom. The summed E-state index contributed by atoms with van der Waals surface area (Å²) in [7, 11) is 0. The van der Waals surface area contributed by atoms with Gasteiger partial charge in [-0.2, -0.15) is 17.5 Å². The van der Waals surface area contributed by atoms with Gasteiger partial charge in [-0.1, -0.05) is 12.1 Å². The Morgan fingerprint density at radius 2 is 1.71 bits per heavy atom. The summed E-state index contributed by atoms with van der Waals surface area (Å²) in [5, 5.41) is 2.49. The largest absolute Gasteiger partial charge is 0.449 e. The second kappa shape index (κ2) is 12.3. The van der Waals surface area contributed by atoms with E-state index in [0.717, 1.165) is 11.8 Å². The maximum Gasteiger partial charge on any atom is 0.433 e. The lowest BCUT2D eigenvalue weighted by Crippen LogP contribution is -2.57. The summed E-state index contributed by atoms with van der Waals surface area (Å²) < 4.78 is 69.2. The lowest BCUT2D eigenvalue weighted by atomic mass is 10.1. The maximum absolute atomic E-state index is 14.6. The number of amides is 5. The highest BCUT2D eigenvalue weighted by Gasteiger charge is 2.45. The molecule has 2 aliphatic heterocycles. The standard InChI is InChI=1S/C30H20F4N6O8S/c1-12(41)48-20(21-29(46)39(10-11-47-21)25-16(31)7-9-18(37-25)30(32,33)34)26(43)36-17-8-6-15-22(19(17)23(35)42)49-38-24(15)40-27(44)13-4-2-3-5-14(13)28(40)45/h2-9,20-21H,10-11H2,1H3,(H2,35,42)(H,36,43)/t20-,21-/m1/s1. The van der Waals surface area contributed by atoms with Gasteiger partial charge in [0.2, 0.25) is 6.10 Å². The van der Waals surface area contributed by atoms with Gasteiger partial charge in [0.05, 0.1) is 40.2 Å². The number of anilines is 3. The van der Waals surface area contributed by atoms with Crippen LogP contribution in [0.4, 0.5) is 34.9 Å². The van der Waals surface area contributed by atoms with Gasteiger partial charge >= 0.3 is 12.1 Å². The molecular weight excluding hydrogens is 680 g/mol. The predicted molar refractivity (Wildman–Crippen MR) is 161 cm³/mol. The number of carbonyl (C=O) groups is 6. The Morgan fingerprint density at radius 3 is 2.33 bits per heavy atom. The number of carbonyl (C=O) groups excluding carboxylic acids is 6. The fraction of sp³-hybridized carbons (Fsp3) is 0.200. The number of ether oxygens (including phenoxy) is 2. The van der Waals surface area contributed by atoms with Crippen LogP contribution in [-0.4, -0.2) is 70.2 Å². The molecule has 0 unspecified atom stereocenters. The number of aromatic nitrogens is 2. The molecule has 252 valence electrons. The van der Waals surface area contributed by atoms with Gasteiger partial charge in [0.1, 0.15) is 5.69 Å². The number of hydrogen-bond acceptors (Lipinski definition) is 11. The fourth-order valence-corrected chi connectivity index (χ4v) is 6.25. The number of primary amides is 1. The minimum absolute atomic E-state index is 0.0585. The molecule has 4 aromatic rings. The molecule has 0 bridgehead atoms. The monoisotopic (exact) mass is 700 g/mol. The van der Waals surface area contributed by atoms with Gasteiger partial charge in [0, 0.05) is 12.3 Å². The molecule has 14 nitrogen and oxygen atoms in total. The highest BCUT2D eigenvalue weighted by Crippen LogP contribution is 2.39. The topological polar surface area (TPSA) is 191 Å². The fourth-order valence-electron chi connectivity index (χ4n) is 5.33. The molecule has 5 amide bonds. The first-order chi connectivity index (χ1) is 23.2. The van der Waals surface area contributed by atoms with Gasteiger partial charge in [-0.25, -0.2) is 14.3 Å². The highest BCUT2D eigenvalue weighted by atomic mass is 32.1. The number of nitrogens with one attached hydrogen (secondary N) is 1. The van der Waals surface area contributed by atoms with Gasteiger partial charge in [0.15, 0.2) is 23.6 Å². The van der Waals surface area contributed by atoms with Crippen molar-refractivity contribution < 1.29 is 55.8 Å². The molecule has 4 heterocycles. The summed E-state index contributed by atoms with van der Waals surface area (Å²) in [5.41, 5.74) is 3.88. The first-order valence-electron chi connectivity index (χ1n) is 14.0. The van der Waals surface area contributed by atoms with E-state index in [1.165, 1.54) is 24.3 Å². The number of halogens is 4. The number of nitrogens with two attached hydrogens (primary N) is 1. The summed E-state index contributed by atoms with van der Waals surface area (Å²) in [4.78, 5) is 82.5. The number of alkyl halides is 3. The molecule has 0 radical (unpaired) electrons. The van der Waals surface area contributed by atoms with E-state index < -0.39 is 84.4 Å². The molecule has 1 saturated heterocycles. The predicted octanol–water partition coefficient (Wildman–Crippen LogP) is 3.05. The van der Waals surface area contributed by atoms with Crippen molar-refractivity contribution >= 4 is 74.4 Å². The number of hydrogen-bond donors (Lipinski definition) is 2. The Balaban J connectivity index is 1.32. The quantitative estimate of drug-likeness (QED) is 0.165. The Hall–Kier alpha value is -5.82. The van der Waals surface area contributed by atoms with E-state index in [0.29, 0.717) is 28.6 Å². The minimum atomic E-state index is -4.97. The van der Waals surface area contributed by atoms with Crippen LogP contribution in [-0.2, 0) is 30.0 Å². The van der Waals surface area contributed by atoms with Crippen molar-refractivity contribution in [3.05, 3.63) is 76.7 Å². The normalized spacial score (nSPS) is 16.9. The SMILES string of the molecule is CC(=O)O[C@@H](C(=O)Nc1ccc2c(N3C(=O)c4ccccc4C3=O)nsc2c1C(N)=O)[C@H]1OCCN(c2nc(C(F)(F)F)ccc2F)C1=O. The third-order valence-electron chi connectivity index (χ3n) is 7.45. The van der Waals surface area contributed by atoms with Gasteiger partial charge in [-0.05, 0) is 47.9 Å². The lowest BCUT2D eigenvalue weighted by Gasteiger charge is -2.34. The smallest absolute Gasteiger partial charge is 0.433 e. The number of fused-ring (bicyclic) bond motifs is 2. The zero-order valence-electron chi connectivity index (χ0n) is 24.7. The molecule has 1 fully saturated rings. The van der Waals surface area contributed by atoms with Crippen molar-refractivity contribution in [2.24, 2.45) is 5.73 Å². The summed E-state index contributed by atoms with van der Waals surface area (Å²) in [6.07, 6.45) is -9.06. The molecule has 49 heavy (non-hydrogen) atoms. The second-order valence-corrected chi connectivity index (χ2v) is 11.3. The van der Waals surface area contributed by atoms with Gasteiger partial charge in [-0.3, -0.25) is 33.7 Å². The van der Waals surface area contributed by atoms with E-state index in [4.69, 9.17) is 15.2 Å². The van der Waals surface area contributed by atoms with Crippen molar-refractivity contribution in [1.29, 1.82) is 0 Å². The van der Waals surface area contributed by atoms with Gasteiger partial charge < -0.3 is 20.5 Å². The molecule has 6 rings (SSSR count). The minimum Gasteiger partial charge on any atom is -0.449 e. The number of nitrogens with zero attached hydrogens (tertiary/aromatic N) is 4. The molecule has 0 spiro atoms. The molecule has 0 aliphatic carbocycles. The number of rotatable bonds is 7. The van der Waals surface area contributed by atoms with Crippen molar-refractivity contribution in [1.82, 2.24) is 9.36 Å². The average Bonchev–Trinajstić information content (AvgIpc) is 3.57. The van der Waals surface area contributed by atoms with Crippen LogP contribution < -0.4 is 20.9 Å². The third kappa shape index (κ3) is 5.82. The van der Waals surface area contributed by atoms with E-state index in [1.54, 1.807) is 12.1 Å². The van der Waals surface area contributed by atoms with E-state index in [2.05, 4.69) is 14.7 Å². The van der Waals surface area contributed by atoms with Crippen LogP contribution >= 0.6 is 11.5 Å². The molecule has 2 aromatic heterocycles. The summed E-state index contributed by atoms with van der Waals surface area (Å²) in [6.45, 7) is 0.00931. The first-order valence-corrected chi connectivity index (χ1v) is 14.8. The lowest BCUT2D eigenvalue weighted by molar-refractivity contribution is -0.167. The molecule has 3 N–H and O–H groups in total. The highest BCUT2D eigenvalue weighted by molar-refractivity contribution is 7.14. The number of imide groups is 1. The van der Waals surface area contributed by atoms with Gasteiger partial charge in [-0.15, -0.1) is 0 Å². The maximum atomic E-state index is 14.6. The van der Waals surface area contributed by atoms with Crippen molar-refractivity contribution in [3.63, 3.8) is 0 Å². The van der Waals surface area contributed by atoms with Crippen molar-refractivity contribution in [2.45, 2.75) is 25.3 Å². The van der Waals surface area contributed by atoms with Crippen LogP contribution in [0.25, 0.3) is 10.1 Å². The van der Waals surface area contributed by atoms with Crippen LogP contribution in [0.1, 0.15) is 43.7 Å². The van der Waals surface area contributed by atoms with Crippen molar-refractivity contribution in [2.75, 3.05) is 28.3 Å². The number of morpholine rings is 1. The second-order valence-electron chi connectivity index (χ2n) is 10.5. The van der Waals surface area contributed by atoms with Crippen LogP contribution in [0.3, 0.4) is 0 Å². The Kier molecular flexibility index (Phi) is 8.32. The molecule has 2 aliphatic rings. The number of benzene rings is 2. The van der Waals surface area contributed by atoms with E-state index in [1.807, 2.05) is 0 Å². The Labute approximate surface area is 275 Å². The van der Waals surface area contributed by atoms with Crippen LogP contribution in [0, 0.1) is 5.82 Å². The van der Waals surface area contributed by atoms with Crippen LogP contribution in [0.2, 0.25) is 0 Å². The molecule has 2 atom stereocenters. The molecular formula is C30H20F4N6O8S. The van der Waals surface area contributed by atoms with E-state index >= 15 is 0 Å².